The van der Waals surface area contributed by atoms with E-state index in [0.717, 1.165) is 50.0 Å². The lowest BCUT2D eigenvalue weighted by molar-refractivity contribution is 0.141. The van der Waals surface area contributed by atoms with Crippen molar-refractivity contribution in [2.24, 2.45) is 10.4 Å². The predicted octanol–water partition coefficient (Wildman–Crippen LogP) is 7.31. The fourth-order valence-electron chi connectivity index (χ4n) is 3.38. The monoisotopic (exact) mass is 496 g/mol. The molecule has 0 aromatic heterocycles. The highest BCUT2D eigenvalue weighted by Crippen LogP contribution is 2.39. The Balaban J connectivity index is 0. The van der Waals surface area contributed by atoms with Gasteiger partial charge in [0.1, 0.15) is 0 Å². The van der Waals surface area contributed by atoms with Crippen LogP contribution in [0.4, 0.5) is 0 Å². The number of rotatable bonds is 7. The summed E-state index contributed by atoms with van der Waals surface area (Å²) in [5, 5.41) is 0. The van der Waals surface area contributed by atoms with Crippen molar-refractivity contribution in [3.63, 3.8) is 0 Å². The van der Waals surface area contributed by atoms with E-state index < -0.39 is 10.0 Å². The van der Waals surface area contributed by atoms with Gasteiger partial charge in [0.2, 0.25) is 10.0 Å². The van der Waals surface area contributed by atoms with Crippen molar-refractivity contribution >= 4 is 15.7 Å². The molecule has 198 valence electrons. The van der Waals surface area contributed by atoms with Crippen molar-refractivity contribution in [1.82, 2.24) is 4.31 Å². The smallest absolute Gasteiger partial charge is 0.243 e. The molecule has 5 nitrogen and oxygen atoms in total. The first-order valence-corrected chi connectivity index (χ1v) is 14.0. The summed E-state index contributed by atoms with van der Waals surface area (Å²) in [5.74, 6) is 0. The summed E-state index contributed by atoms with van der Waals surface area (Å²) >= 11 is 0. The molecule has 0 unspecified atom stereocenters. The molecule has 1 heterocycles. The second-order valence-corrected chi connectivity index (χ2v) is 10.8. The molecule has 34 heavy (non-hydrogen) atoms. The zero-order valence-corrected chi connectivity index (χ0v) is 24.5. The minimum absolute atomic E-state index is 0.347. The van der Waals surface area contributed by atoms with Crippen molar-refractivity contribution in [2.75, 3.05) is 33.9 Å². The normalized spacial score (nSPS) is 15.5. The van der Waals surface area contributed by atoms with Gasteiger partial charge in [-0.15, -0.1) is 6.58 Å². The highest BCUT2D eigenvalue weighted by molar-refractivity contribution is 7.89. The van der Waals surface area contributed by atoms with Gasteiger partial charge in [0.25, 0.3) is 0 Å². The summed E-state index contributed by atoms with van der Waals surface area (Å²) < 4.78 is 31.7. The lowest BCUT2D eigenvalue weighted by Crippen LogP contribution is -2.42. The van der Waals surface area contributed by atoms with Crippen molar-refractivity contribution in [1.29, 1.82) is 0 Å². The maximum Gasteiger partial charge on any atom is 0.243 e. The number of ether oxygens (including phenoxy) is 1. The predicted molar refractivity (Wildman–Crippen MR) is 150 cm³/mol. The third kappa shape index (κ3) is 13.4. The maximum absolute atomic E-state index is 12.6. The summed E-state index contributed by atoms with van der Waals surface area (Å²) in [4.78, 5) is 4.38. The van der Waals surface area contributed by atoms with Crippen LogP contribution in [0.1, 0.15) is 86.1 Å². The van der Waals surface area contributed by atoms with Gasteiger partial charge in [-0.1, -0.05) is 63.8 Å². The van der Waals surface area contributed by atoms with Crippen LogP contribution < -0.4 is 0 Å². The average molecular weight is 497 g/mol. The van der Waals surface area contributed by atoms with Gasteiger partial charge < -0.3 is 4.74 Å². The number of hydrogen-bond donors (Lipinski definition) is 0. The van der Waals surface area contributed by atoms with E-state index in [2.05, 4.69) is 25.4 Å². The number of sulfonamides is 1. The van der Waals surface area contributed by atoms with Crippen LogP contribution in [0.3, 0.4) is 0 Å². The summed E-state index contributed by atoms with van der Waals surface area (Å²) in [5.41, 5.74) is 3.74. The van der Waals surface area contributed by atoms with Gasteiger partial charge in [0.15, 0.2) is 0 Å². The van der Waals surface area contributed by atoms with Crippen molar-refractivity contribution in [3.05, 3.63) is 42.0 Å². The number of piperidine rings is 1. The van der Waals surface area contributed by atoms with E-state index in [1.54, 1.807) is 30.6 Å². The Morgan fingerprint density at radius 1 is 1.06 bits per heavy atom. The van der Waals surface area contributed by atoms with Crippen molar-refractivity contribution in [3.8, 4) is 0 Å². The SMILES string of the molecule is C=C(C)C.CC.CCC1(CC)CCN(S(=O)(=O)c2ccc(C)cc2)CC1.CN=C(C)CCOC. The highest BCUT2D eigenvalue weighted by atomic mass is 32.2. The molecule has 1 fully saturated rings. The molecular weight excluding hydrogens is 444 g/mol. The van der Waals surface area contributed by atoms with E-state index in [1.165, 1.54) is 5.57 Å². The van der Waals surface area contributed by atoms with Crippen LogP contribution in [0.5, 0.6) is 0 Å². The van der Waals surface area contributed by atoms with E-state index in [9.17, 15) is 8.42 Å². The third-order valence-corrected chi connectivity index (χ3v) is 7.90. The maximum atomic E-state index is 12.6. The first kappa shape index (κ1) is 34.7. The van der Waals surface area contributed by atoms with Gasteiger partial charge in [0.05, 0.1) is 11.5 Å². The van der Waals surface area contributed by atoms with Crippen LogP contribution in [0, 0.1) is 12.3 Å². The van der Waals surface area contributed by atoms with Crippen LogP contribution in [0.25, 0.3) is 0 Å². The van der Waals surface area contributed by atoms with E-state index in [1.807, 2.05) is 53.7 Å². The molecule has 1 aliphatic heterocycles. The van der Waals surface area contributed by atoms with E-state index in [4.69, 9.17) is 4.74 Å². The van der Waals surface area contributed by atoms with Crippen LogP contribution in [0.2, 0.25) is 0 Å². The number of aryl methyl sites for hydroxylation is 1. The minimum Gasteiger partial charge on any atom is -0.384 e. The van der Waals surface area contributed by atoms with Gasteiger partial charge in [-0.2, -0.15) is 4.31 Å². The molecule has 2 rings (SSSR count). The second kappa shape index (κ2) is 18.8. The molecule has 0 aliphatic carbocycles. The topological polar surface area (TPSA) is 59.0 Å². The largest absolute Gasteiger partial charge is 0.384 e. The molecular formula is C28H52N2O3S. The number of hydrogen-bond acceptors (Lipinski definition) is 4. The van der Waals surface area contributed by atoms with E-state index in [-0.39, 0.29) is 0 Å². The van der Waals surface area contributed by atoms with Gasteiger partial charge in [-0.3, -0.25) is 4.99 Å². The Labute approximate surface area is 211 Å². The van der Waals surface area contributed by atoms with Crippen LogP contribution in [-0.4, -0.2) is 52.3 Å². The number of aliphatic imine (C=N–C) groups is 1. The summed E-state index contributed by atoms with van der Waals surface area (Å²) in [6.45, 7) is 22.0. The third-order valence-electron chi connectivity index (χ3n) is 5.99. The number of benzene rings is 1. The molecule has 0 saturated carbocycles. The van der Waals surface area contributed by atoms with Crippen molar-refractivity contribution in [2.45, 2.75) is 92.4 Å². The number of allylic oxidation sites excluding steroid dienone is 1. The Bertz CT molecular complexity index is 781. The lowest BCUT2D eigenvalue weighted by atomic mass is 9.75. The molecule has 1 aromatic rings. The molecule has 0 bridgehead atoms. The molecule has 0 amide bonds. The first-order valence-electron chi connectivity index (χ1n) is 12.6. The summed E-state index contributed by atoms with van der Waals surface area (Å²) in [7, 11) is 0.182. The zero-order valence-electron chi connectivity index (χ0n) is 23.7. The molecule has 1 saturated heterocycles. The van der Waals surface area contributed by atoms with Crippen LogP contribution >= 0.6 is 0 Å². The zero-order chi connectivity index (χ0) is 26.8. The average Bonchev–Trinajstić information content (AvgIpc) is 2.84. The Kier molecular flexibility index (Phi) is 19.1. The second-order valence-electron chi connectivity index (χ2n) is 8.83. The molecule has 1 aromatic carbocycles. The number of methoxy groups -OCH3 is 1. The first-order chi connectivity index (χ1) is 16.0. The fraction of sp³-hybridized carbons (Fsp3) is 0.679. The molecule has 0 N–H and O–H groups in total. The van der Waals surface area contributed by atoms with E-state index in [0.29, 0.717) is 23.4 Å². The standard InChI is InChI=1S/C16H25NO2S.C6H13NO.C4H8.C2H6/c1-4-16(5-2)10-12-17(13-11-16)20(18,19)15-8-6-14(3)7-9-15;1-6(7-2)4-5-8-3;1-4(2)3;1-2/h6-9H,4-5,10-13H2,1-3H3;4-5H2,1-3H3;1H2,2-3H3;1-2H3. The molecule has 0 radical (unpaired) electrons. The summed E-state index contributed by atoms with van der Waals surface area (Å²) in [6.07, 6.45) is 5.19. The highest BCUT2D eigenvalue weighted by Gasteiger charge is 2.36. The van der Waals surface area contributed by atoms with Crippen molar-refractivity contribution < 1.29 is 13.2 Å². The minimum atomic E-state index is -3.31. The molecule has 0 atom stereocenters. The Hall–Kier alpha value is -1.50. The van der Waals surface area contributed by atoms with Gasteiger partial charge in [-0.05, 0) is 58.1 Å². The van der Waals surface area contributed by atoms with Crippen LogP contribution in [0.15, 0.2) is 46.3 Å². The van der Waals surface area contributed by atoms with Gasteiger partial charge in [-0.25, -0.2) is 8.42 Å². The van der Waals surface area contributed by atoms with Crippen LogP contribution in [-0.2, 0) is 14.8 Å². The fourth-order valence-corrected chi connectivity index (χ4v) is 4.82. The Morgan fingerprint density at radius 3 is 1.85 bits per heavy atom. The quantitative estimate of drug-likeness (QED) is 0.294. The lowest BCUT2D eigenvalue weighted by Gasteiger charge is -2.40. The number of nitrogens with zero attached hydrogens (tertiary/aromatic N) is 2. The van der Waals surface area contributed by atoms with Gasteiger partial charge in [0, 0.05) is 39.4 Å². The molecule has 1 aliphatic rings. The molecule has 0 spiro atoms. The van der Waals surface area contributed by atoms with E-state index >= 15 is 0 Å². The summed E-state index contributed by atoms with van der Waals surface area (Å²) in [6, 6.07) is 7.15. The Morgan fingerprint density at radius 2 is 1.50 bits per heavy atom. The molecule has 6 heteroatoms. The van der Waals surface area contributed by atoms with Gasteiger partial charge >= 0.3 is 0 Å².